The van der Waals surface area contributed by atoms with Gasteiger partial charge in [-0.1, -0.05) is 124 Å². The summed E-state index contributed by atoms with van der Waals surface area (Å²) in [6, 6.07) is 33.3. The van der Waals surface area contributed by atoms with Gasteiger partial charge in [0.15, 0.2) is 0 Å². The minimum absolute atomic E-state index is 0.655. The Morgan fingerprint density at radius 3 is 0.773 bits per heavy atom. The maximum Gasteiger partial charge on any atom is 0.135 e. The molecular formula is C40H44O4. The molecule has 0 unspecified atom stereocenters. The maximum absolute atomic E-state index is 6.20. The van der Waals surface area contributed by atoms with Gasteiger partial charge in [0.2, 0.25) is 0 Å². The number of hydrogen-bond donors (Lipinski definition) is 0. The molecule has 0 radical (unpaired) electrons. The summed E-state index contributed by atoms with van der Waals surface area (Å²) in [5, 5.41) is 8.98. The molecule has 0 aliphatic carbocycles. The van der Waals surface area contributed by atoms with E-state index < -0.39 is 0 Å². The van der Waals surface area contributed by atoms with Crippen LogP contribution in [0.4, 0.5) is 0 Å². The standard InChI is InChI=1S/C22H26O2.C18H18O2/c1-3-5-15-23-21-17-11-7-9-13-19(17)22(24-16-6-4-2)20-14-10-8-12-18(20)21;1-3-19-17-13-9-5-7-11-15(13)18(20-4-2)16-12-8-6-10-14(16)17/h7-14H,3-6,15-16H2,1-2H3;5-12H,3-4H2,1-2H3. The van der Waals surface area contributed by atoms with Crippen LogP contribution in [0.5, 0.6) is 23.0 Å². The zero-order valence-corrected chi connectivity index (χ0v) is 26.5. The largest absolute Gasteiger partial charge is 0.493 e. The quantitative estimate of drug-likeness (QED) is 0.105. The van der Waals surface area contributed by atoms with Crippen molar-refractivity contribution in [3.63, 3.8) is 0 Å². The van der Waals surface area contributed by atoms with Crippen molar-refractivity contribution in [2.24, 2.45) is 0 Å². The lowest BCUT2D eigenvalue weighted by molar-refractivity contribution is 0.311. The average molecular weight is 589 g/mol. The maximum atomic E-state index is 6.20. The number of benzene rings is 6. The third-order valence-electron chi connectivity index (χ3n) is 7.73. The minimum Gasteiger partial charge on any atom is -0.493 e. The molecule has 228 valence electrons. The second kappa shape index (κ2) is 15.3. The Morgan fingerprint density at radius 2 is 0.568 bits per heavy atom. The second-order valence-electron chi connectivity index (χ2n) is 10.8. The van der Waals surface area contributed by atoms with E-state index in [0.29, 0.717) is 13.2 Å². The van der Waals surface area contributed by atoms with Crippen LogP contribution in [0.3, 0.4) is 0 Å². The van der Waals surface area contributed by atoms with Gasteiger partial charge in [-0.15, -0.1) is 0 Å². The lowest BCUT2D eigenvalue weighted by Gasteiger charge is -2.17. The van der Waals surface area contributed by atoms with E-state index in [-0.39, 0.29) is 0 Å². The van der Waals surface area contributed by atoms with Crippen molar-refractivity contribution in [3.05, 3.63) is 97.1 Å². The van der Waals surface area contributed by atoms with Crippen molar-refractivity contribution in [2.75, 3.05) is 26.4 Å². The summed E-state index contributed by atoms with van der Waals surface area (Å²) in [6.07, 6.45) is 4.40. The number of hydrogen-bond acceptors (Lipinski definition) is 4. The Hall–Kier alpha value is -4.44. The highest BCUT2D eigenvalue weighted by atomic mass is 16.5. The van der Waals surface area contributed by atoms with Crippen molar-refractivity contribution in [1.82, 2.24) is 0 Å². The van der Waals surface area contributed by atoms with E-state index in [1.165, 1.54) is 0 Å². The van der Waals surface area contributed by atoms with E-state index >= 15 is 0 Å². The van der Waals surface area contributed by atoms with E-state index in [4.69, 9.17) is 18.9 Å². The number of ether oxygens (including phenoxy) is 4. The van der Waals surface area contributed by atoms with E-state index in [9.17, 15) is 0 Å². The molecule has 44 heavy (non-hydrogen) atoms. The Balaban J connectivity index is 0.000000177. The normalized spacial score (nSPS) is 11.0. The predicted molar refractivity (Wildman–Crippen MR) is 186 cm³/mol. The van der Waals surface area contributed by atoms with Crippen LogP contribution in [0.25, 0.3) is 43.1 Å². The fraction of sp³-hybridized carbons (Fsp3) is 0.300. The molecule has 0 fully saturated rings. The molecule has 0 aliphatic heterocycles. The van der Waals surface area contributed by atoms with Gasteiger partial charge >= 0.3 is 0 Å². The van der Waals surface area contributed by atoms with Crippen LogP contribution in [0.15, 0.2) is 97.1 Å². The average Bonchev–Trinajstić information content (AvgIpc) is 3.07. The SMILES string of the molecule is CCCCOc1c2ccccc2c(OCCCC)c2ccccc12.CCOc1c2ccccc2c(OCC)c2ccccc12. The summed E-state index contributed by atoms with van der Waals surface area (Å²) in [5.74, 6) is 3.86. The topological polar surface area (TPSA) is 36.9 Å². The molecule has 6 rings (SSSR count). The molecule has 4 heteroatoms. The van der Waals surface area contributed by atoms with Crippen LogP contribution in [0.2, 0.25) is 0 Å². The van der Waals surface area contributed by atoms with Crippen LogP contribution in [0.1, 0.15) is 53.4 Å². The number of rotatable bonds is 12. The highest BCUT2D eigenvalue weighted by Gasteiger charge is 2.16. The van der Waals surface area contributed by atoms with Crippen LogP contribution in [0, 0.1) is 0 Å². The lowest BCUT2D eigenvalue weighted by Crippen LogP contribution is -2.01. The third kappa shape index (κ3) is 6.55. The van der Waals surface area contributed by atoms with Gasteiger partial charge in [0.25, 0.3) is 0 Å². The van der Waals surface area contributed by atoms with Gasteiger partial charge in [0.05, 0.1) is 26.4 Å². The third-order valence-corrected chi connectivity index (χ3v) is 7.73. The Bertz CT molecular complexity index is 1580. The summed E-state index contributed by atoms with van der Waals surface area (Å²) in [4.78, 5) is 0. The van der Waals surface area contributed by atoms with Crippen LogP contribution < -0.4 is 18.9 Å². The van der Waals surface area contributed by atoms with Crippen molar-refractivity contribution >= 4 is 43.1 Å². The predicted octanol–water partition coefficient (Wildman–Crippen LogP) is 11.1. The van der Waals surface area contributed by atoms with E-state index in [2.05, 4.69) is 86.6 Å². The molecule has 6 aromatic carbocycles. The fourth-order valence-corrected chi connectivity index (χ4v) is 5.64. The Labute approximate surface area is 261 Å². The number of unbranched alkanes of at least 4 members (excludes halogenated alkanes) is 2. The molecule has 0 spiro atoms. The highest BCUT2D eigenvalue weighted by molar-refractivity contribution is 6.12. The molecule has 0 aromatic heterocycles. The minimum atomic E-state index is 0.655. The summed E-state index contributed by atoms with van der Waals surface area (Å²) in [6.45, 7) is 11.2. The van der Waals surface area contributed by atoms with Crippen LogP contribution in [-0.2, 0) is 0 Å². The first-order valence-corrected chi connectivity index (χ1v) is 16.1. The van der Waals surface area contributed by atoms with Gasteiger partial charge in [-0.2, -0.15) is 0 Å². The molecule has 0 bridgehead atoms. The summed E-state index contributed by atoms with van der Waals surface area (Å²) < 4.78 is 24.2. The van der Waals surface area contributed by atoms with Gasteiger partial charge in [-0.3, -0.25) is 0 Å². The lowest BCUT2D eigenvalue weighted by atomic mass is 10.0. The van der Waals surface area contributed by atoms with E-state index in [0.717, 1.165) is 105 Å². The zero-order valence-electron chi connectivity index (χ0n) is 26.5. The first-order chi connectivity index (χ1) is 21.7. The van der Waals surface area contributed by atoms with Crippen molar-refractivity contribution in [2.45, 2.75) is 53.4 Å². The molecule has 4 nitrogen and oxygen atoms in total. The monoisotopic (exact) mass is 588 g/mol. The molecule has 0 amide bonds. The zero-order chi connectivity index (χ0) is 30.7. The Kier molecular flexibility index (Phi) is 10.8. The summed E-state index contributed by atoms with van der Waals surface area (Å²) in [7, 11) is 0. The summed E-state index contributed by atoms with van der Waals surface area (Å²) >= 11 is 0. The molecular weight excluding hydrogens is 544 g/mol. The molecule has 0 aliphatic rings. The van der Waals surface area contributed by atoms with Crippen LogP contribution >= 0.6 is 0 Å². The van der Waals surface area contributed by atoms with Crippen molar-refractivity contribution < 1.29 is 18.9 Å². The van der Waals surface area contributed by atoms with Gasteiger partial charge in [-0.05, 0) is 26.7 Å². The van der Waals surface area contributed by atoms with Crippen molar-refractivity contribution in [3.8, 4) is 23.0 Å². The molecule has 0 saturated heterocycles. The summed E-state index contributed by atoms with van der Waals surface area (Å²) in [5.41, 5.74) is 0. The smallest absolute Gasteiger partial charge is 0.135 e. The Morgan fingerprint density at radius 1 is 0.341 bits per heavy atom. The van der Waals surface area contributed by atoms with Crippen LogP contribution in [-0.4, -0.2) is 26.4 Å². The van der Waals surface area contributed by atoms with Gasteiger partial charge in [0.1, 0.15) is 23.0 Å². The molecule has 6 aromatic rings. The van der Waals surface area contributed by atoms with Gasteiger partial charge in [0, 0.05) is 43.1 Å². The molecule has 0 heterocycles. The van der Waals surface area contributed by atoms with E-state index in [1.54, 1.807) is 0 Å². The van der Waals surface area contributed by atoms with E-state index in [1.807, 2.05) is 38.1 Å². The number of fused-ring (bicyclic) bond motifs is 4. The molecule has 0 saturated carbocycles. The molecule has 0 atom stereocenters. The first-order valence-electron chi connectivity index (χ1n) is 16.1. The van der Waals surface area contributed by atoms with Crippen molar-refractivity contribution in [1.29, 1.82) is 0 Å². The molecule has 0 N–H and O–H groups in total. The van der Waals surface area contributed by atoms with Gasteiger partial charge in [-0.25, -0.2) is 0 Å². The fourth-order valence-electron chi connectivity index (χ4n) is 5.64. The first kappa shape index (κ1) is 31.0. The second-order valence-corrected chi connectivity index (χ2v) is 10.8. The highest BCUT2D eigenvalue weighted by Crippen LogP contribution is 2.44. The van der Waals surface area contributed by atoms with Gasteiger partial charge < -0.3 is 18.9 Å².